The van der Waals surface area contributed by atoms with Crippen LogP contribution in [0.15, 0.2) is 18.3 Å². The first-order valence-electron chi connectivity index (χ1n) is 4.57. The number of nitrogens with two attached hydrogens (primary N) is 1. The number of hydrogen-bond acceptors (Lipinski definition) is 3. The van der Waals surface area contributed by atoms with Gasteiger partial charge in [0.2, 0.25) is 0 Å². The van der Waals surface area contributed by atoms with Crippen LogP contribution in [0, 0.1) is 0 Å². The molecule has 15 heavy (non-hydrogen) atoms. The lowest BCUT2D eigenvalue weighted by Crippen LogP contribution is -2.45. The van der Waals surface area contributed by atoms with Gasteiger partial charge in [-0.1, -0.05) is 11.6 Å². The van der Waals surface area contributed by atoms with Crippen molar-refractivity contribution in [2.75, 3.05) is 6.54 Å². The lowest BCUT2D eigenvalue weighted by molar-refractivity contribution is 0.0941. The summed E-state index contributed by atoms with van der Waals surface area (Å²) in [5.74, 6) is -0.245. The zero-order valence-corrected chi connectivity index (χ0v) is 9.51. The number of carbonyl (C=O) groups is 1. The topological polar surface area (TPSA) is 68.0 Å². The van der Waals surface area contributed by atoms with E-state index in [4.69, 9.17) is 17.3 Å². The van der Waals surface area contributed by atoms with Crippen molar-refractivity contribution < 1.29 is 4.79 Å². The molecule has 0 saturated heterocycles. The van der Waals surface area contributed by atoms with Gasteiger partial charge in [-0.25, -0.2) is 4.98 Å². The van der Waals surface area contributed by atoms with Gasteiger partial charge in [-0.3, -0.25) is 4.79 Å². The molecule has 1 rings (SSSR count). The molecule has 0 spiro atoms. The lowest BCUT2D eigenvalue weighted by atomic mass is 10.1. The quantitative estimate of drug-likeness (QED) is 0.816. The van der Waals surface area contributed by atoms with Crippen molar-refractivity contribution in [2.24, 2.45) is 5.73 Å². The summed E-state index contributed by atoms with van der Waals surface area (Å²) >= 11 is 5.65. The van der Waals surface area contributed by atoms with Crippen LogP contribution in [0.2, 0.25) is 5.02 Å². The normalized spacial score (nSPS) is 11.2. The molecule has 1 aromatic heterocycles. The van der Waals surface area contributed by atoms with E-state index in [2.05, 4.69) is 10.3 Å². The Morgan fingerprint density at radius 1 is 1.60 bits per heavy atom. The van der Waals surface area contributed by atoms with Gasteiger partial charge in [-0.05, 0) is 26.0 Å². The predicted octanol–water partition coefficient (Wildman–Crippen LogP) is 1.20. The summed E-state index contributed by atoms with van der Waals surface area (Å²) in [5.41, 5.74) is 5.64. The van der Waals surface area contributed by atoms with Crippen molar-refractivity contribution in [1.82, 2.24) is 10.3 Å². The molecule has 1 amide bonds. The maximum absolute atomic E-state index is 11.5. The first kappa shape index (κ1) is 11.9. The van der Waals surface area contributed by atoms with Crippen molar-refractivity contribution in [1.29, 1.82) is 0 Å². The van der Waals surface area contributed by atoms with Crippen molar-refractivity contribution >= 4 is 17.5 Å². The molecule has 3 N–H and O–H groups in total. The van der Waals surface area contributed by atoms with E-state index in [9.17, 15) is 4.79 Å². The van der Waals surface area contributed by atoms with Gasteiger partial charge < -0.3 is 11.1 Å². The number of nitrogens with one attached hydrogen (secondary N) is 1. The maximum Gasteiger partial charge on any atom is 0.269 e. The summed E-state index contributed by atoms with van der Waals surface area (Å²) in [5, 5.41) is 3.19. The van der Waals surface area contributed by atoms with E-state index in [-0.39, 0.29) is 5.91 Å². The Labute approximate surface area is 93.8 Å². The predicted molar refractivity (Wildman–Crippen MR) is 59.8 cm³/mol. The summed E-state index contributed by atoms with van der Waals surface area (Å²) in [6, 6.07) is 3.19. The maximum atomic E-state index is 11.5. The minimum atomic E-state index is -0.428. The zero-order valence-electron chi connectivity index (χ0n) is 8.75. The molecule has 1 aromatic rings. The highest BCUT2D eigenvalue weighted by Gasteiger charge is 2.13. The third-order valence-corrected chi connectivity index (χ3v) is 1.89. The second-order valence-corrected chi connectivity index (χ2v) is 4.47. The van der Waals surface area contributed by atoms with Gasteiger partial charge >= 0.3 is 0 Å². The summed E-state index contributed by atoms with van der Waals surface area (Å²) in [6.07, 6.45) is 1.43. The Morgan fingerprint density at radius 2 is 2.27 bits per heavy atom. The molecule has 82 valence electrons. The van der Waals surface area contributed by atoms with Crippen LogP contribution in [0.5, 0.6) is 0 Å². The zero-order chi connectivity index (χ0) is 11.5. The standard InChI is InChI=1S/C10H14ClN3O/c1-10(2,12)6-14-9(15)8-4-3-7(11)5-13-8/h3-5H,6,12H2,1-2H3,(H,14,15). The Balaban J connectivity index is 2.58. The lowest BCUT2D eigenvalue weighted by Gasteiger charge is -2.18. The molecule has 0 bridgehead atoms. The second kappa shape index (κ2) is 4.59. The van der Waals surface area contributed by atoms with Gasteiger partial charge in [0.1, 0.15) is 5.69 Å². The van der Waals surface area contributed by atoms with Crippen LogP contribution in [-0.2, 0) is 0 Å². The molecular weight excluding hydrogens is 214 g/mol. The molecule has 0 unspecified atom stereocenters. The van der Waals surface area contributed by atoms with Crippen molar-refractivity contribution in [3.63, 3.8) is 0 Å². The largest absolute Gasteiger partial charge is 0.349 e. The molecule has 0 radical (unpaired) electrons. The van der Waals surface area contributed by atoms with Gasteiger partial charge in [-0.15, -0.1) is 0 Å². The summed E-state index contributed by atoms with van der Waals surface area (Å²) in [7, 11) is 0. The van der Waals surface area contributed by atoms with Crippen molar-refractivity contribution in [3.05, 3.63) is 29.0 Å². The second-order valence-electron chi connectivity index (χ2n) is 4.03. The summed E-state index contributed by atoms with van der Waals surface area (Å²) in [4.78, 5) is 15.4. The number of hydrogen-bond donors (Lipinski definition) is 2. The van der Waals surface area contributed by atoms with Crippen molar-refractivity contribution in [3.8, 4) is 0 Å². The molecule has 1 heterocycles. The van der Waals surface area contributed by atoms with Crippen LogP contribution < -0.4 is 11.1 Å². The fourth-order valence-corrected chi connectivity index (χ4v) is 1.02. The minimum absolute atomic E-state index is 0.245. The molecule has 5 heteroatoms. The smallest absolute Gasteiger partial charge is 0.269 e. The Kier molecular flexibility index (Phi) is 3.66. The Morgan fingerprint density at radius 3 is 2.73 bits per heavy atom. The van der Waals surface area contributed by atoms with E-state index < -0.39 is 5.54 Å². The number of amides is 1. The molecule has 0 aromatic carbocycles. The van der Waals surface area contributed by atoms with Crippen LogP contribution in [0.4, 0.5) is 0 Å². The highest BCUT2D eigenvalue weighted by molar-refractivity contribution is 6.30. The fourth-order valence-electron chi connectivity index (χ4n) is 0.909. The average Bonchev–Trinajstić information content (AvgIpc) is 2.14. The number of aromatic nitrogens is 1. The van der Waals surface area contributed by atoms with Crippen LogP contribution in [0.1, 0.15) is 24.3 Å². The third kappa shape index (κ3) is 4.27. The minimum Gasteiger partial charge on any atom is -0.349 e. The van der Waals surface area contributed by atoms with Gasteiger partial charge in [0.25, 0.3) is 5.91 Å². The number of halogens is 1. The Hall–Kier alpha value is -1.13. The summed E-state index contributed by atoms with van der Waals surface area (Å²) < 4.78 is 0. The van der Waals surface area contributed by atoms with Crippen LogP contribution in [0.25, 0.3) is 0 Å². The molecular formula is C10H14ClN3O. The van der Waals surface area contributed by atoms with Crippen LogP contribution in [-0.4, -0.2) is 23.0 Å². The fraction of sp³-hybridized carbons (Fsp3) is 0.400. The SMILES string of the molecule is CC(C)(N)CNC(=O)c1ccc(Cl)cn1. The molecule has 4 nitrogen and oxygen atoms in total. The van der Waals surface area contributed by atoms with E-state index in [1.807, 2.05) is 13.8 Å². The Bertz CT molecular complexity index is 343. The van der Waals surface area contributed by atoms with E-state index in [0.717, 1.165) is 0 Å². The number of pyridine rings is 1. The summed E-state index contributed by atoms with van der Waals surface area (Å²) in [6.45, 7) is 4.07. The van der Waals surface area contributed by atoms with Crippen LogP contribution >= 0.6 is 11.6 Å². The highest BCUT2D eigenvalue weighted by atomic mass is 35.5. The number of nitrogens with zero attached hydrogens (tertiary/aromatic N) is 1. The third-order valence-electron chi connectivity index (χ3n) is 1.66. The van der Waals surface area contributed by atoms with E-state index in [1.54, 1.807) is 12.1 Å². The van der Waals surface area contributed by atoms with Gasteiger partial charge in [0, 0.05) is 18.3 Å². The monoisotopic (exact) mass is 227 g/mol. The molecule has 0 aliphatic carbocycles. The van der Waals surface area contributed by atoms with E-state index >= 15 is 0 Å². The van der Waals surface area contributed by atoms with E-state index in [0.29, 0.717) is 17.3 Å². The first-order chi connectivity index (χ1) is 6.88. The molecule has 0 atom stereocenters. The van der Waals surface area contributed by atoms with Gasteiger partial charge in [0.15, 0.2) is 0 Å². The number of carbonyl (C=O) groups excluding carboxylic acids is 1. The van der Waals surface area contributed by atoms with E-state index in [1.165, 1.54) is 6.20 Å². The molecule has 0 aliphatic heterocycles. The van der Waals surface area contributed by atoms with Crippen molar-refractivity contribution in [2.45, 2.75) is 19.4 Å². The van der Waals surface area contributed by atoms with Gasteiger partial charge in [-0.2, -0.15) is 0 Å². The average molecular weight is 228 g/mol. The molecule has 0 fully saturated rings. The molecule has 0 saturated carbocycles. The molecule has 0 aliphatic rings. The highest BCUT2D eigenvalue weighted by Crippen LogP contribution is 2.06. The first-order valence-corrected chi connectivity index (χ1v) is 4.95. The number of rotatable bonds is 3. The van der Waals surface area contributed by atoms with Crippen LogP contribution in [0.3, 0.4) is 0 Å². The van der Waals surface area contributed by atoms with Gasteiger partial charge in [0.05, 0.1) is 5.02 Å².